The molecule has 0 saturated carbocycles. The summed E-state index contributed by atoms with van der Waals surface area (Å²) >= 11 is 0. The number of esters is 1. The number of methoxy groups -OCH3 is 1. The van der Waals surface area contributed by atoms with Crippen molar-refractivity contribution in [3.05, 3.63) is 71.8 Å². The van der Waals surface area contributed by atoms with Crippen molar-refractivity contribution < 1.29 is 18.3 Å². The lowest BCUT2D eigenvalue weighted by Crippen LogP contribution is -2.00. The van der Waals surface area contributed by atoms with E-state index in [1.807, 2.05) is 25.1 Å². The Hall–Kier alpha value is -3.54. The maximum atomic E-state index is 13.0. The number of fused-ring (bicyclic) bond motifs is 1. The van der Waals surface area contributed by atoms with Gasteiger partial charge in [0.05, 0.1) is 12.7 Å². The molecular formula is C21H15FN2O3. The molecule has 2 aromatic heterocycles. The van der Waals surface area contributed by atoms with Crippen LogP contribution in [-0.2, 0) is 4.74 Å². The number of hydrogen-bond acceptors (Lipinski definition) is 5. The summed E-state index contributed by atoms with van der Waals surface area (Å²) in [6.45, 7) is 1.96. The number of halogens is 1. The zero-order chi connectivity index (χ0) is 19.0. The molecule has 2 aromatic carbocycles. The maximum Gasteiger partial charge on any atom is 0.337 e. The molecule has 0 amide bonds. The van der Waals surface area contributed by atoms with Crippen molar-refractivity contribution in [3.8, 4) is 22.6 Å². The first-order chi connectivity index (χ1) is 13.0. The summed E-state index contributed by atoms with van der Waals surface area (Å²) in [7, 11) is 1.34. The quantitative estimate of drug-likeness (QED) is 0.387. The van der Waals surface area contributed by atoms with Crippen LogP contribution in [0.4, 0.5) is 4.39 Å². The van der Waals surface area contributed by atoms with Crippen LogP contribution in [0.15, 0.2) is 59.1 Å². The van der Waals surface area contributed by atoms with Gasteiger partial charge in [-0.3, -0.25) is 0 Å². The van der Waals surface area contributed by atoms with Gasteiger partial charge in [0.1, 0.15) is 5.52 Å². The molecule has 5 nitrogen and oxygen atoms in total. The Bertz CT molecular complexity index is 1150. The second kappa shape index (κ2) is 6.64. The minimum atomic E-state index is -0.508. The van der Waals surface area contributed by atoms with E-state index in [4.69, 9.17) is 9.15 Å². The lowest BCUT2D eigenvalue weighted by molar-refractivity contribution is 0.0601. The van der Waals surface area contributed by atoms with E-state index in [-0.39, 0.29) is 0 Å². The minimum Gasteiger partial charge on any atom is -0.465 e. The van der Waals surface area contributed by atoms with Crippen molar-refractivity contribution in [1.29, 1.82) is 0 Å². The van der Waals surface area contributed by atoms with Gasteiger partial charge in [-0.15, -0.1) is 0 Å². The number of pyridine rings is 1. The molecule has 0 aliphatic heterocycles. The fourth-order valence-electron chi connectivity index (χ4n) is 2.95. The Kier molecular flexibility index (Phi) is 4.16. The third kappa shape index (κ3) is 3.17. The molecule has 0 N–H and O–H groups in total. The summed E-state index contributed by atoms with van der Waals surface area (Å²) in [6.07, 6.45) is 1.51. The molecule has 6 heteroatoms. The molecule has 0 fully saturated rings. The van der Waals surface area contributed by atoms with Crippen LogP contribution in [0, 0.1) is 12.9 Å². The molecule has 0 aliphatic rings. The van der Waals surface area contributed by atoms with Crippen LogP contribution in [0.1, 0.15) is 15.9 Å². The first kappa shape index (κ1) is 16.9. The highest BCUT2D eigenvalue weighted by Crippen LogP contribution is 2.30. The minimum absolute atomic E-state index is 0.417. The van der Waals surface area contributed by atoms with Gasteiger partial charge in [-0.25, -0.2) is 14.8 Å². The Morgan fingerprint density at radius 2 is 1.89 bits per heavy atom. The van der Waals surface area contributed by atoms with E-state index >= 15 is 0 Å². The number of aromatic nitrogens is 2. The van der Waals surface area contributed by atoms with Gasteiger partial charge in [0, 0.05) is 17.3 Å². The van der Waals surface area contributed by atoms with Crippen LogP contribution < -0.4 is 0 Å². The molecule has 4 rings (SSSR count). The van der Waals surface area contributed by atoms with E-state index in [0.717, 1.165) is 22.3 Å². The number of nitrogens with zero attached hydrogens (tertiary/aromatic N) is 2. The van der Waals surface area contributed by atoms with Gasteiger partial charge in [0.25, 0.3) is 0 Å². The van der Waals surface area contributed by atoms with Gasteiger partial charge in [0.15, 0.2) is 5.58 Å². The Morgan fingerprint density at radius 1 is 1.07 bits per heavy atom. The smallest absolute Gasteiger partial charge is 0.337 e. The Labute approximate surface area is 154 Å². The molecule has 2 heterocycles. The number of ether oxygens (including phenoxy) is 1. The third-order valence-electron chi connectivity index (χ3n) is 4.32. The normalized spacial score (nSPS) is 10.9. The van der Waals surface area contributed by atoms with Crippen LogP contribution in [0.3, 0.4) is 0 Å². The number of rotatable bonds is 3. The van der Waals surface area contributed by atoms with Crippen LogP contribution >= 0.6 is 0 Å². The average molecular weight is 362 g/mol. The maximum absolute atomic E-state index is 13.0. The largest absolute Gasteiger partial charge is 0.465 e. The summed E-state index contributed by atoms with van der Waals surface area (Å²) in [6, 6.07) is 13.8. The summed E-state index contributed by atoms with van der Waals surface area (Å²) < 4.78 is 23.6. The lowest BCUT2D eigenvalue weighted by atomic mass is 10.00. The number of carbonyl (C=O) groups is 1. The average Bonchev–Trinajstić information content (AvgIpc) is 3.11. The van der Waals surface area contributed by atoms with Crippen molar-refractivity contribution in [2.24, 2.45) is 0 Å². The second-order valence-corrected chi connectivity index (χ2v) is 6.09. The molecular weight excluding hydrogens is 347 g/mol. The molecule has 0 atom stereocenters. The summed E-state index contributed by atoms with van der Waals surface area (Å²) in [5.41, 5.74) is 5.16. The number of benzene rings is 2. The molecule has 134 valence electrons. The SMILES string of the molecule is COC(=O)c1ccc2oc(-c3ccc(-c4ccc(F)nc4)c(C)c3)nc2c1. The predicted molar refractivity (Wildman–Crippen MR) is 98.7 cm³/mol. The monoisotopic (exact) mass is 362 g/mol. The second-order valence-electron chi connectivity index (χ2n) is 6.09. The lowest BCUT2D eigenvalue weighted by Gasteiger charge is -2.07. The van der Waals surface area contributed by atoms with E-state index in [0.29, 0.717) is 22.6 Å². The summed E-state index contributed by atoms with van der Waals surface area (Å²) in [5, 5.41) is 0. The highest BCUT2D eigenvalue weighted by atomic mass is 19.1. The van der Waals surface area contributed by atoms with Gasteiger partial charge >= 0.3 is 5.97 Å². The van der Waals surface area contributed by atoms with E-state index in [9.17, 15) is 9.18 Å². The van der Waals surface area contributed by atoms with Crippen molar-refractivity contribution >= 4 is 17.1 Å². The Morgan fingerprint density at radius 3 is 2.59 bits per heavy atom. The van der Waals surface area contributed by atoms with Crippen molar-refractivity contribution in [2.45, 2.75) is 6.92 Å². The van der Waals surface area contributed by atoms with Gasteiger partial charge in [-0.05, 0) is 60.5 Å². The van der Waals surface area contributed by atoms with Gasteiger partial charge in [-0.2, -0.15) is 4.39 Å². The molecule has 0 radical (unpaired) electrons. The highest BCUT2D eigenvalue weighted by Gasteiger charge is 2.13. The first-order valence-electron chi connectivity index (χ1n) is 8.27. The van der Waals surface area contributed by atoms with Crippen LogP contribution in [0.5, 0.6) is 0 Å². The number of aryl methyl sites for hydroxylation is 1. The predicted octanol–water partition coefficient (Wildman–Crippen LogP) is 4.79. The molecule has 0 saturated heterocycles. The summed E-state index contributed by atoms with van der Waals surface area (Å²) in [4.78, 5) is 19.8. The number of hydrogen-bond donors (Lipinski definition) is 0. The summed E-state index contributed by atoms with van der Waals surface area (Å²) in [5.74, 6) is -0.473. The van der Waals surface area contributed by atoms with Crippen molar-refractivity contribution in [3.63, 3.8) is 0 Å². The molecule has 4 aromatic rings. The first-order valence-corrected chi connectivity index (χ1v) is 8.27. The molecule has 27 heavy (non-hydrogen) atoms. The van der Waals surface area contributed by atoms with E-state index in [1.165, 1.54) is 19.4 Å². The fraction of sp³-hybridized carbons (Fsp3) is 0.0952. The van der Waals surface area contributed by atoms with Crippen LogP contribution in [0.2, 0.25) is 0 Å². The van der Waals surface area contributed by atoms with E-state index in [1.54, 1.807) is 24.3 Å². The third-order valence-corrected chi connectivity index (χ3v) is 4.32. The van der Waals surface area contributed by atoms with Gasteiger partial charge in [0.2, 0.25) is 11.8 Å². The van der Waals surface area contributed by atoms with Crippen molar-refractivity contribution in [2.75, 3.05) is 7.11 Å². The highest BCUT2D eigenvalue weighted by molar-refractivity contribution is 5.93. The Balaban J connectivity index is 1.72. The van der Waals surface area contributed by atoms with Gasteiger partial charge < -0.3 is 9.15 Å². The fourth-order valence-corrected chi connectivity index (χ4v) is 2.95. The van der Waals surface area contributed by atoms with E-state index < -0.39 is 11.9 Å². The van der Waals surface area contributed by atoms with Crippen molar-refractivity contribution in [1.82, 2.24) is 9.97 Å². The zero-order valence-corrected chi connectivity index (χ0v) is 14.7. The zero-order valence-electron chi connectivity index (χ0n) is 14.7. The van der Waals surface area contributed by atoms with Crippen LogP contribution in [0.25, 0.3) is 33.7 Å². The molecule has 0 bridgehead atoms. The van der Waals surface area contributed by atoms with Gasteiger partial charge in [-0.1, -0.05) is 6.07 Å². The number of carbonyl (C=O) groups excluding carboxylic acids is 1. The number of oxazole rings is 1. The molecule has 0 aliphatic carbocycles. The standard InChI is InChI=1S/C21H15FN2O3/c1-12-9-13(3-6-16(12)15-5-8-19(22)23-11-15)20-24-17-10-14(21(25)26-2)4-7-18(17)27-20/h3-11H,1-2H3. The van der Waals surface area contributed by atoms with E-state index in [2.05, 4.69) is 9.97 Å². The molecule has 0 spiro atoms. The topological polar surface area (TPSA) is 65.2 Å². The molecule has 0 unspecified atom stereocenters. The van der Waals surface area contributed by atoms with Crippen LogP contribution in [-0.4, -0.2) is 23.0 Å².